The summed E-state index contributed by atoms with van der Waals surface area (Å²) in [6.07, 6.45) is -2.67. The van der Waals surface area contributed by atoms with Crippen LogP contribution in [0.4, 0.5) is 27.6 Å². The van der Waals surface area contributed by atoms with Gasteiger partial charge in [-0.05, 0) is 70.8 Å². The van der Waals surface area contributed by atoms with Crippen LogP contribution in [-0.2, 0) is 16.6 Å². The van der Waals surface area contributed by atoms with Gasteiger partial charge in [-0.3, -0.25) is 4.79 Å². The zero-order chi connectivity index (χ0) is 31.5. The summed E-state index contributed by atoms with van der Waals surface area (Å²) < 4.78 is 97.0. The van der Waals surface area contributed by atoms with Gasteiger partial charge in [0.15, 0.2) is 17.5 Å². The number of anilines is 1. The predicted octanol–water partition coefficient (Wildman–Crippen LogP) is 6.35. The van der Waals surface area contributed by atoms with E-state index in [0.717, 1.165) is 18.2 Å². The molecule has 0 atom stereocenters. The van der Waals surface area contributed by atoms with Crippen LogP contribution >= 0.6 is 11.6 Å². The van der Waals surface area contributed by atoms with Gasteiger partial charge in [-0.1, -0.05) is 23.7 Å². The van der Waals surface area contributed by atoms with Gasteiger partial charge in [-0.25, -0.2) is 35.5 Å². The number of methoxy groups -OCH3 is 1. The highest BCUT2D eigenvalue weighted by Crippen LogP contribution is 2.38. The van der Waals surface area contributed by atoms with E-state index in [-0.39, 0.29) is 44.6 Å². The third-order valence-corrected chi connectivity index (χ3v) is 7.49. The summed E-state index contributed by atoms with van der Waals surface area (Å²) >= 11 is 6.15. The Morgan fingerprint density at radius 2 is 1.60 bits per heavy atom. The van der Waals surface area contributed by atoms with Crippen molar-refractivity contribution < 1.29 is 39.9 Å². The van der Waals surface area contributed by atoms with Crippen molar-refractivity contribution >= 4 is 33.2 Å². The molecule has 0 aliphatic heterocycles. The molecule has 0 bridgehead atoms. The van der Waals surface area contributed by atoms with Crippen LogP contribution in [0.1, 0.15) is 15.9 Å². The number of carbonyl (C=O) groups is 1. The van der Waals surface area contributed by atoms with Crippen LogP contribution in [0, 0.1) is 17.5 Å². The number of hydrogen-bond acceptors (Lipinski definition) is 5. The van der Waals surface area contributed by atoms with Crippen LogP contribution in [0.15, 0.2) is 71.6 Å². The number of alkyl halides is 2. The SMILES string of the molecule is COc1cc(NC(=O)c2ccc(-c3ccc(Cl)cc3-c3ccc(F)c(F)c3F)c(CNCC(F)F)c2)ccc1S(N)(=O)=O. The summed E-state index contributed by atoms with van der Waals surface area (Å²) in [7, 11) is -2.87. The molecule has 14 heteroatoms. The molecule has 0 radical (unpaired) electrons. The lowest BCUT2D eigenvalue weighted by atomic mass is 9.90. The second-order valence-electron chi connectivity index (χ2n) is 9.17. The molecule has 4 aromatic rings. The van der Waals surface area contributed by atoms with Crippen LogP contribution in [0.3, 0.4) is 0 Å². The molecule has 4 N–H and O–H groups in total. The first-order chi connectivity index (χ1) is 20.3. The molecule has 0 aliphatic carbocycles. The number of hydrogen-bond donors (Lipinski definition) is 3. The Labute approximate surface area is 248 Å². The van der Waals surface area contributed by atoms with Crippen molar-refractivity contribution in [1.29, 1.82) is 0 Å². The smallest absolute Gasteiger partial charge is 0.255 e. The molecule has 0 aromatic heterocycles. The number of carbonyl (C=O) groups excluding carboxylic acids is 1. The van der Waals surface area contributed by atoms with Crippen molar-refractivity contribution in [3.8, 4) is 28.0 Å². The Balaban J connectivity index is 1.77. The molecular formula is C29H23ClF5N3O4S. The van der Waals surface area contributed by atoms with Gasteiger partial charge in [-0.2, -0.15) is 0 Å². The van der Waals surface area contributed by atoms with Gasteiger partial charge in [0.25, 0.3) is 12.3 Å². The Morgan fingerprint density at radius 3 is 2.28 bits per heavy atom. The van der Waals surface area contributed by atoms with Crippen LogP contribution in [0.25, 0.3) is 22.3 Å². The highest BCUT2D eigenvalue weighted by Gasteiger charge is 2.21. The van der Waals surface area contributed by atoms with E-state index in [2.05, 4.69) is 10.6 Å². The molecule has 0 saturated heterocycles. The Bertz CT molecular complexity index is 1810. The predicted molar refractivity (Wildman–Crippen MR) is 152 cm³/mol. The summed E-state index contributed by atoms with van der Waals surface area (Å²) in [6, 6.07) is 14.2. The number of rotatable bonds is 10. The number of nitrogens with one attached hydrogen (secondary N) is 2. The quantitative estimate of drug-likeness (QED) is 0.138. The lowest BCUT2D eigenvalue weighted by Crippen LogP contribution is -2.21. The van der Waals surface area contributed by atoms with Gasteiger partial charge in [0.2, 0.25) is 10.0 Å². The van der Waals surface area contributed by atoms with E-state index in [9.17, 15) is 35.2 Å². The number of nitrogens with two attached hydrogens (primary N) is 1. The second-order valence-corrected chi connectivity index (χ2v) is 11.1. The summed E-state index contributed by atoms with van der Waals surface area (Å²) in [5.41, 5.74) is 1.07. The zero-order valence-corrected chi connectivity index (χ0v) is 23.8. The summed E-state index contributed by atoms with van der Waals surface area (Å²) in [5.74, 6) is -5.25. The molecule has 226 valence electrons. The maximum Gasteiger partial charge on any atom is 0.255 e. The van der Waals surface area contributed by atoms with E-state index in [4.69, 9.17) is 21.5 Å². The average molecular weight is 640 g/mol. The van der Waals surface area contributed by atoms with Crippen molar-refractivity contribution in [3.05, 3.63) is 100 Å². The molecule has 0 unspecified atom stereocenters. The van der Waals surface area contributed by atoms with Gasteiger partial charge >= 0.3 is 0 Å². The Morgan fingerprint density at radius 1 is 0.907 bits per heavy atom. The Hall–Kier alpha value is -4.04. The number of ether oxygens (including phenoxy) is 1. The molecule has 43 heavy (non-hydrogen) atoms. The maximum atomic E-state index is 14.8. The number of benzene rings is 4. The topological polar surface area (TPSA) is 111 Å². The normalized spacial score (nSPS) is 11.6. The van der Waals surface area contributed by atoms with Crippen molar-refractivity contribution in [3.63, 3.8) is 0 Å². The highest BCUT2D eigenvalue weighted by atomic mass is 35.5. The molecule has 0 spiro atoms. The second kappa shape index (κ2) is 13.1. The van der Waals surface area contributed by atoms with E-state index >= 15 is 0 Å². The van der Waals surface area contributed by atoms with Crippen molar-refractivity contribution in [2.24, 2.45) is 5.14 Å². The van der Waals surface area contributed by atoms with Gasteiger partial charge < -0.3 is 15.4 Å². The molecule has 0 fully saturated rings. The zero-order valence-electron chi connectivity index (χ0n) is 22.2. The van der Waals surface area contributed by atoms with E-state index in [0.29, 0.717) is 16.7 Å². The molecule has 0 saturated carbocycles. The van der Waals surface area contributed by atoms with Crippen LogP contribution < -0.4 is 20.5 Å². The van der Waals surface area contributed by atoms with E-state index in [1.165, 1.54) is 55.6 Å². The van der Waals surface area contributed by atoms with Crippen LogP contribution in [0.2, 0.25) is 5.02 Å². The number of amides is 1. The summed E-state index contributed by atoms with van der Waals surface area (Å²) in [5, 5.41) is 10.5. The van der Waals surface area contributed by atoms with Crippen molar-refractivity contribution in [2.75, 3.05) is 19.0 Å². The van der Waals surface area contributed by atoms with Gasteiger partial charge in [0, 0.05) is 34.4 Å². The van der Waals surface area contributed by atoms with Gasteiger partial charge in [-0.15, -0.1) is 0 Å². The van der Waals surface area contributed by atoms with Gasteiger partial charge in [0.1, 0.15) is 10.6 Å². The first-order valence-electron chi connectivity index (χ1n) is 12.4. The number of sulfonamides is 1. The third kappa shape index (κ3) is 7.31. The lowest BCUT2D eigenvalue weighted by molar-refractivity contribution is 0.102. The van der Waals surface area contributed by atoms with Crippen molar-refractivity contribution in [1.82, 2.24) is 5.32 Å². The maximum absolute atomic E-state index is 14.8. The Kier molecular flexibility index (Phi) is 9.70. The van der Waals surface area contributed by atoms with Crippen molar-refractivity contribution in [2.45, 2.75) is 17.9 Å². The third-order valence-electron chi connectivity index (χ3n) is 6.31. The van der Waals surface area contributed by atoms with E-state index in [1.54, 1.807) is 0 Å². The van der Waals surface area contributed by atoms with Crippen LogP contribution in [-0.4, -0.2) is 34.4 Å². The molecule has 1 amide bonds. The van der Waals surface area contributed by atoms with Gasteiger partial charge in [0.05, 0.1) is 13.7 Å². The molecular weight excluding hydrogens is 617 g/mol. The highest BCUT2D eigenvalue weighted by molar-refractivity contribution is 7.89. The largest absolute Gasteiger partial charge is 0.495 e. The minimum absolute atomic E-state index is 0.0848. The fourth-order valence-electron chi connectivity index (χ4n) is 4.35. The minimum Gasteiger partial charge on any atom is -0.495 e. The van der Waals surface area contributed by atoms with E-state index in [1.807, 2.05) is 0 Å². The number of halogens is 6. The first-order valence-corrected chi connectivity index (χ1v) is 14.3. The minimum atomic E-state index is -4.10. The molecule has 0 aliphatic rings. The molecule has 7 nitrogen and oxygen atoms in total. The number of primary sulfonamides is 1. The van der Waals surface area contributed by atoms with Crippen LogP contribution in [0.5, 0.6) is 5.75 Å². The van der Waals surface area contributed by atoms with E-state index < -0.39 is 46.4 Å². The summed E-state index contributed by atoms with van der Waals surface area (Å²) in [4.78, 5) is 12.9. The summed E-state index contributed by atoms with van der Waals surface area (Å²) in [6.45, 7) is -0.822. The standard InChI is InChI=1S/C29H23ClF5N3O4S/c1-42-24-12-18(4-9-25(24)43(36,40)41)38-29(39)15-2-5-19(16(10-15)13-37-14-26(32)33)20-6-3-17(30)11-22(20)21-7-8-23(31)28(35)27(21)34/h2-12,26,37H,13-14H2,1H3,(H,38,39)(H2,36,40,41). The monoisotopic (exact) mass is 639 g/mol. The molecule has 4 rings (SSSR count). The lowest BCUT2D eigenvalue weighted by Gasteiger charge is -2.17. The first kappa shape index (κ1) is 31.9. The molecule has 0 heterocycles. The molecule has 4 aromatic carbocycles. The fraction of sp³-hybridized carbons (Fsp3) is 0.138. The fourth-order valence-corrected chi connectivity index (χ4v) is 5.20. The average Bonchev–Trinajstić information content (AvgIpc) is 2.95.